The van der Waals surface area contributed by atoms with Crippen LogP contribution in [-0.4, -0.2) is 29.1 Å². The number of pyridine rings is 1. The Hall–Kier alpha value is -1.58. The zero-order valence-electron chi connectivity index (χ0n) is 9.43. The summed E-state index contributed by atoms with van der Waals surface area (Å²) >= 11 is 0. The molecule has 1 fully saturated rings. The zero-order chi connectivity index (χ0) is 11.4. The van der Waals surface area contributed by atoms with Gasteiger partial charge in [0.1, 0.15) is 0 Å². The Morgan fingerprint density at radius 2 is 2.56 bits per heavy atom. The third-order valence-electron chi connectivity index (χ3n) is 2.82. The van der Waals surface area contributed by atoms with Crippen LogP contribution in [-0.2, 0) is 4.74 Å². The van der Waals surface area contributed by atoms with Gasteiger partial charge in [-0.1, -0.05) is 6.07 Å². The Bertz CT molecular complexity index is 353. The smallest absolute Gasteiger partial charge is 0.410 e. The molecule has 4 heteroatoms. The highest BCUT2D eigenvalue weighted by Crippen LogP contribution is 2.31. The van der Waals surface area contributed by atoms with Crippen LogP contribution in [0, 0.1) is 0 Å². The van der Waals surface area contributed by atoms with Gasteiger partial charge in [0.15, 0.2) is 0 Å². The van der Waals surface area contributed by atoms with Crippen LogP contribution in [0.1, 0.15) is 31.4 Å². The zero-order valence-corrected chi connectivity index (χ0v) is 9.43. The van der Waals surface area contributed by atoms with Crippen molar-refractivity contribution >= 4 is 6.09 Å². The van der Waals surface area contributed by atoms with E-state index in [0.717, 1.165) is 24.9 Å². The number of amides is 1. The fourth-order valence-corrected chi connectivity index (χ4v) is 2.11. The average molecular weight is 220 g/mol. The molecule has 1 aliphatic rings. The molecule has 0 aromatic carbocycles. The van der Waals surface area contributed by atoms with Crippen LogP contribution in [0.5, 0.6) is 0 Å². The van der Waals surface area contributed by atoms with Gasteiger partial charge in [-0.05, 0) is 31.4 Å². The van der Waals surface area contributed by atoms with Crippen LogP contribution >= 0.6 is 0 Å². The summed E-state index contributed by atoms with van der Waals surface area (Å²) in [5, 5.41) is 0. The van der Waals surface area contributed by atoms with Gasteiger partial charge in [-0.25, -0.2) is 4.79 Å². The van der Waals surface area contributed by atoms with E-state index in [1.807, 2.05) is 25.3 Å². The van der Waals surface area contributed by atoms with Crippen LogP contribution < -0.4 is 0 Å². The molecule has 86 valence electrons. The minimum absolute atomic E-state index is 0.132. The van der Waals surface area contributed by atoms with Crippen molar-refractivity contribution in [1.82, 2.24) is 9.88 Å². The number of carbonyl (C=O) groups is 1. The number of ether oxygens (including phenoxy) is 1. The van der Waals surface area contributed by atoms with E-state index in [0.29, 0.717) is 6.61 Å². The first-order valence-corrected chi connectivity index (χ1v) is 5.66. The second kappa shape index (κ2) is 4.96. The summed E-state index contributed by atoms with van der Waals surface area (Å²) in [6, 6.07) is 4.04. The quantitative estimate of drug-likeness (QED) is 0.768. The Balaban J connectivity index is 2.12. The topological polar surface area (TPSA) is 42.4 Å². The first kappa shape index (κ1) is 10.9. The third-order valence-corrected chi connectivity index (χ3v) is 2.82. The van der Waals surface area contributed by atoms with Gasteiger partial charge in [0, 0.05) is 18.9 Å². The summed E-state index contributed by atoms with van der Waals surface area (Å²) in [5.74, 6) is 0. The molecule has 0 aliphatic carbocycles. The number of rotatable bonds is 2. The lowest BCUT2D eigenvalue weighted by atomic mass is 10.1. The van der Waals surface area contributed by atoms with Crippen molar-refractivity contribution in [2.75, 3.05) is 13.2 Å². The van der Waals surface area contributed by atoms with Crippen LogP contribution in [0.15, 0.2) is 24.5 Å². The molecular weight excluding hydrogens is 204 g/mol. The largest absolute Gasteiger partial charge is 0.450 e. The highest BCUT2D eigenvalue weighted by molar-refractivity contribution is 5.68. The molecule has 1 aromatic rings. The molecule has 0 N–H and O–H groups in total. The van der Waals surface area contributed by atoms with Crippen molar-refractivity contribution in [3.8, 4) is 0 Å². The van der Waals surface area contributed by atoms with Crippen LogP contribution in [0.4, 0.5) is 4.79 Å². The van der Waals surface area contributed by atoms with E-state index in [2.05, 4.69) is 4.98 Å². The molecule has 16 heavy (non-hydrogen) atoms. The molecule has 0 unspecified atom stereocenters. The summed E-state index contributed by atoms with van der Waals surface area (Å²) in [6.07, 6.45) is 5.37. The molecule has 0 bridgehead atoms. The minimum atomic E-state index is -0.214. The lowest BCUT2D eigenvalue weighted by Crippen LogP contribution is -2.31. The van der Waals surface area contributed by atoms with Gasteiger partial charge in [-0.2, -0.15) is 0 Å². The Kier molecular flexibility index (Phi) is 3.39. The van der Waals surface area contributed by atoms with Crippen LogP contribution in [0.3, 0.4) is 0 Å². The van der Waals surface area contributed by atoms with Crippen molar-refractivity contribution in [3.05, 3.63) is 30.1 Å². The van der Waals surface area contributed by atoms with Crippen molar-refractivity contribution in [2.24, 2.45) is 0 Å². The summed E-state index contributed by atoms with van der Waals surface area (Å²) in [6.45, 7) is 3.03. The van der Waals surface area contributed by atoms with Gasteiger partial charge in [0.2, 0.25) is 0 Å². The Labute approximate surface area is 95.2 Å². The van der Waals surface area contributed by atoms with E-state index < -0.39 is 0 Å². The molecule has 1 amide bonds. The number of carbonyl (C=O) groups excluding carboxylic acids is 1. The van der Waals surface area contributed by atoms with Gasteiger partial charge in [-0.3, -0.25) is 4.98 Å². The summed E-state index contributed by atoms with van der Waals surface area (Å²) in [5.41, 5.74) is 1.09. The van der Waals surface area contributed by atoms with E-state index in [1.54, 1.807) is 11.1 Å². The van der Waals surface area contributed by atoms with Crippen molar-refractivity contribution < 1.29 is 9.53 Å². The second-order valence-corrected chi connectivity index (χ2v) is 3.84. The molecule has 2 heterocycles. The highest BCUT2D eigenvalue weighted by Gasteiger charge is 2.30. The minimum Gasteiger partial charge on any atom is -0.450 e. The lowest BCUT2D eigenvalue weighted by Gasteiger charge is -2.23. The second-order valence-electron chi connectivity index (χ2n) is 3.84. The SMILES string of the molecule is CCOC(=O)N1CCC[C@H]1c1cccnc1. The maximum absolute atomic E-state index is 11.7. The first-order valence-electron chi connectivity index (χ1n) is 5.66. The number of nitrogens with zero attached hydrogens (tertiary/aromatic N) is 2. The van der Waals surface area contributed by atoms with E-state index in [4.69, 9.17) is 4.74 Å². The van der Waals surface area contributed by atoms with Gasteiger partial charge < -0.3 is 9.64 Å². The molecule has 0 spiro atoms. The van der Waals surface area contributed by atoms with E-state index in [9.17, 15) is 4.79 Å². The van der Waals surface area contributed by atoms with Gasteiger partial charge >= 0.3 is 6.09 Å². The third kappa shape index (κ3) is 2.15. The predicted molar refractivity (Wildman–Crippen MR) is 59.9 cm³/mol. The van der Waals surface area contributed by atoms with Gasteiger partial charge in [-0.15, -0.1) is 0 Å². The van der Waals surface area contributed by atoms with Crippen molar-refractivity contribution in [1.29, 1.82) is 0 Å². The van der Waals surface area contributed by atoms with Gasteiger partial charge in [0.05, 0.1) is 12.6 Å². The summed E-state index contributed by atoms with van der Waals surface area (Å²) in [7, 11) is 0. The summed E-state index contributed by atoms with van der Waals surface area (Å²) < 4.78 is 5.04. The molecule has 1 aromatic heterocycles. The summed E-state index contributed by atoms with van der Waals surface area (Å²) in [4.78, 5) is 17.6. The molecule has 1 aliphatic heterocycles. The van der Waals surface area contributed by atoms with E-state index >= 15 is 0 Å². The standard InChI is InChI=1S/C12H16N2O2/c1-2-16-12(15)14-8-4-6-11(14)10-5-3-7-13-9-10/h3,5,7,9,11H,2,4,6,8H2,1H3/t11-/m0/s1. The van der Waals surface area contributed by atoms with Crippen LogP contribution in [0.2, 0.25) is 0 Å². The molecule has 0 radical (unpaired) electrons. The first-order chi connectivity index (χ1) is 7.83. The fourth-order valence-electron chi connectivity index (χ4n) is 2.11. The average Bonchev–Trinajstić information content (AvgIpc) is 2.79. The van der Waals surface area contributed by atoms with Crippen molar-refractivity contribution in [3.63, 3.8) is 0 Å². The fraction of sp³-hybridized carbons (Fsp3) is 0.500. The number of hydrogen-bond donors (Lipinski definition) is 0. The molecular formula is C12H16N2O2. The molecule has 1 atom stereocenters. The predicted octanol–water partition coefficient (Wildman–Crippen LogP) is 2.38. The monoisotopic (exact) mass is 220 g/mol. The maximum Gasteiger partial charge on any atom is 0.410 e. The molecule has 2 rings (SSSR count). The Morgan fingerprint density at radius 3 is 3.25 bits per heavy atom. The Morgan fingerprint density at radius 1 is 1.69 bits per heavy atom. The highest BCUT2D eigenvalue weighted by atomic mass is 16.6. The van der Waals surface area contributed by atoms with Crippen LogP contribution in [0.25, 0.3) is 0 Å². The van der Waals surface area contributed by atoms with Gasteiger partial charge in [0.25, 0.3) is 0 Å². The maximum atomic E-state index is 11.7. The molecule has 0 saturated carbocycles. The molecule has 1 saturated heterocycles. The number of aromatic nitrogens is 1. The van der Waals surface area contributed by atoms with E-state index in [1.165, 1.54) is 0 Å². The number of hydrogen-bond acceptors (Lipinski definition) is 3. The lowest BCUT2D eigenvalue weighted by molar-refractivity contribution is 0.103. The van der Waals surface area contributed by atoms with Crippen molar-refractivity contribution in [2.45, 2.75) is 25.8 Å². The normalized spacial score (nSPS) is 19.8. The number of likely N-dealkylation sites (tertiary alicyclic amines) is 1. The molecule has 4 nitrogen and oxygen atoms in total. The van der Waals surface area contributed by atoms with E-state index in [-0.39, 0.29) is 12.1 Å².